The van der Waals surface area contributed by atoms with E-state index in [1.807, 2.05) is 0 Å². The van der Waals surface area contributed by atoms with Crippen molar-refractivity contribution in [2.24, 2.45) is 0 Å². The van der Waals surface area contributed by atoms with Crippen LogP contribution in [-0.2, 0) is 0 Å². The Hall–Kier alpha value is -1.96. The Bertz CT molecular complexity index is 446. The number of nitrogens with zero attached hydrogens (tertiary/aromatic N) is 4. The number of aliphatic hydroxyl groups excluding tert-OH is 1. The second-order valence-corrected chi connectivity index (χ2v) is 2.61. The van der Waals surface area contributed by atoms with E-state index in [4.69, 9.17) is 21.4 Å². The summed E-state index contributed by atoms with van der Waals surface area (Å²) in [7, 11) is 0. The van der Waals surface area contributed by atoms with E-state index in [1.54, 1.807) is 0 Å². The molecule has 0 amide bonds. The van der Waals surface area contributed by atoms with Crippen LogP contribution in [0.15, 0.2) is 6.20 Å². The number of hydrogen-bond acceptors (Lipinski definition) is 6. The first-order valence-corrected chi connectivity index (χ1v) is 3.96. The topological polar surface area (TPSA) is 117 Å². The van der Waals surface area contributed by atoms with Crippen LogP contribution in [0.2, 0.25) is 0 Å². The number of rotatable bonds is 3. The van der Waals surface area contributed by atoms with Gasteiger partial charge in [-0.2, -0.15) is 9.50 Å². The first-order chi connectivity index (χ1) is 6.74. The van der Waals surface area contributed by atoms with Crippen LogP contribution in [0.1, 0.15) is 0 Å². The molecule has 0 aliphatic rings. The fourth-order valence-electron chi connectivity index (χ4n) is 1.13. The minimum absolute atomic E-state index is 0.106. The van der Waals surface area contributed by atoms with E-state index < -0.39 is 0 Å². The molecule has 2 rings (SSSR count). The van der Waals surface area contributed by atoms with Crippen molar-refractivity contribution in [3.05, 3.63) is 6.20 Å². The maximum absolute atomic E-state index is 8.56. The molecule has 0 aliphatic heterocycles. The third-order valence-electron chi connectivity index (χ3n) is 1.69. The van der Waals surface area contributed by atoms with Crippen LogP contribution in [0.25, 0.3) is 5.52 Å². The number of nitrogen functional groups attached to an aromatic ring is 2. The lowest BCUT2D eigenvalue weighted by Gasteiger charge is -2.03. The van der Waals surface area contributed by atoms with Crippen LogP contribution in [0.3, 0.4) is 0 Å². The molecule has 0 unspecified atom stereocenters. The molecule has 8 nitrogen and oxygen atoms in total. The predicted molar refractivity (Wildman–Crippen MR) is 48.3 cm³/mol. The van der Waals surface area contributed by atoms with Gasteiger partial charge in [-0.15, -0.1) is 5.10 Å². The molecule has 14 heavy (non-hydrogen) atoms. The SMILES string of the molecule is Nc1nc(N)n2c1cnn2OCCO. The molecular formula is C6H10N6O2. The molecule has 0 saturated heterocycles. The van der Waals surface area contributed by atoms with Crippen molar-refractivity contribution in [1.82, 2.24) is 19.6 Å². The first-order valence-electron chi connectivity index (χ1n) is 3.96. The lowest BCUT2D eigenvalue weighted by atomic mass is 10.6. The van der Waals surface area contributed by atoms with Gasteiger partial charge >= 0.3 is 0 Å². The lowest BCUT2D eigenvalue weighted by molar-refractivity contribution is 0.0240. The van der Waals surface area contributed by atoms with Gasteiger partial charge in [0.15, 0.2) is 5.82 Å². The maximum Gasteiger partial charge on any atom is 0.226 e. The smallest absolute Gasteiger partial charge is 0.226 e. The molecule has 0 bridgehead atoms. The van der Waals surface area contributed by atoms with Crippen molar-refractivity contribution < 1.29 is 9.94 Å². The molecule has 5 N–H and O–H groups in total. The van der Waals surface area contributed by atoms with Gasteiger partial charge in [-0.3, -0.25) is 0 Å². The fourth-order valence-corrected chi connectivity index (χ4v) is 1.13. The highest BCUT2D eigenvalue weighted by Gasteiger charge is 2.11. The molecule has 2 aromatic heterocycles. The molecule has 0 aromatic carbocycles. The van der Waals surface area contributed by atoms with Gasteiger partial charge in [0.05, 0.1) is 12.8 Å². The number of anilines is 2. The number of aliphatic hydroxyl groups is 1. The van der Waals surface area contributed by atoms with Crippen molar-refractivity contribution in [2.75, 3.05) is 24.7 Å². The standard InChI is InChI=1S/C6H10N6O2/c7-5-4-3-9-12(14-2-1-13)11(4)6(8)10-5/h3,13H,1-2,7H2,(H2,8,10). The molecule has 0 radical (unpaired) electrons. The fraction of sp³-hybridized carbons (Fsp3) is 0.333. The van der Waals surface area contributed by atoms with Gasteiger partial charge in [-0.1, -0.05) is 0 Å². The first kappa shape index (κ1) is 8.63. The van der Waals surface area contributed by atoms with Crippen molar-refractivity contribution >= 4 is 17.3 Å². The molecule has 0 spiro atoms. The van der Waals surface area contributed by atoms with Crippen LogP contribution in [0.4, 0.5) is 11.8 Å². The van der Waals surface area contributed by atoms with Gasteiger partial charge in [-0.25, -0.2) is 0 Å². The van der Waals surface area contributed by atoms with E-state index in [9.17, 15) is 0 Å². The van der Waals surface area contributed by atoms with Crippen molar-refractivity contribution in [2.45, 2.75) is 0 Å². The van der Waals surface area contributed by atoms with Gasteiger partial charge in [0, 0.05) is 0 Å². The van der Waals surface area contributed by atoms with Crippen LogP contribution < -0.4 is 16.3 Å². The van der Waals surface area contributed by atoms with Crippen LogP contribution in [-0.4, -0.2) is 37.9 Å². The Balaban J connectivity index is 2.45. The normalized spacial score (nSPS) is 10.9. The number of fused-ring (bicyclic) bond motifs is 1. The zero-order chi connectivity index (χ0) is 10.1. The van der Waals surface area contributed by atoms with Crippen molar-refractivity contribution in [3.8, 4) is 0 Å². The third-order valence-corrected chi connectivity index (χ3v) is 1.69. The predicted octanol–water partition coefficient (Wildman–Crippen LogP) is -1.88. The summed E-state index contributed by atoms with van der Waals surface area (Å²) in [5.41, 5.74) is 11.7. The van der Waals surface area contributed by atoms with Crippen LogP contribution >= 0.6 is 0 Å². The minimum atomic E-state index is -0.106. The second kappa shape index (κ2) is 3.07. The molecule has 8 heteroatoms. The number of imidazole rings is 1. The molecule has 76 valence electrons. The van der Waals surface area contributed by atoms with Gasteiger partial charge < -0.3 is 21.4 Å². The molecular weight excluding hydrogens is 188 g/mol. The molecule has 0 saturated carbocycles. The van der Waals surface area contributed by atoms with Crippen LogP contribution in [0.5, 0.6) is 0 Å². The van der Waals surface area contributed by atoms with Gasteiger partial charge in [0.2, 0.25) is 5.95 Å². The summed E-state index contributed by atoms with van der Waals surface area (Å²) in [4.78, 5) is 10.0. The van der Waals surface area contributed by atoms with Gasteiger partial charge in [0.25, 0.3) is 0 Å². The monoisotopic (exact) mass is 198 g/mol. The highest BCUT2D eigenvalue weighted by atomic mass is 16.7. The summed E-state index contributed by atoms with van der Waals surface area (Å²) in [6.07, 6.45) is 1.48. The zero-order valence-electron chi connectivity index (χ0n) is 7.29. The number of aromatic nitrogens is 4. The Kier molecular flexibility index (Phi) is 1.89. The number of nitrogens with two attached hydrogens (primary N) is 2. The Morgan fingerprint density at radius 3 is 3.00 bits per heavy atom. The Morgan fingerprint density at radius 1 is 1.50 bits per heavy atom. The highest BCUT2D eigenvalue weighted by molar-refractivity contribution is 5.67. The Labute approximate surface area is 78.6 Å². The summed E-state index contributed by atoms with van der Waals surface area (Å²) in [5.74, 6) is 0.481. The van der Waals surface area contributed by atoms with E-state index in [0.717, 1.165) is 4.96 Å². The average Bonchev–Trinajstić information content (AvgIpc) is 2.67. The number of hydrogen-bond donors (Lipinski definition) is 3. The second-order valence-electron chi connectivity index (χ2n) is 2.61. The third kappa shape index (κ3) is 1.12. The Morgan fingerprint density at radius 2 is 2.29 bits per heavy atom. The summed E-state index contributed by atoms with van der Waals surface area (Å²) >= 11 is 0. The lowest BCUT2D eigenvalue weighted by Crippen LogP contribution is -2.21. The largest absolute Gasteiger partial charge is 0.393 e. The summed E-state index contributed by atoms with van der Waals surface area (Å²) in [6.45, 7) is 0.0136. The van der Waals surface area contributed by atoms with Crippen molar-refractivity contribution in [3.63, 3.8) is 0 Å². The van der Waals surface area contributed by atoms with Gasteiger partial charge in [0.1, 0.15) is 12.1 Å². The average molecular weight is 198 g/mol. The molecule has 0 aliphatic carbocycles. The van der Waals surface area contributed by atoms with Crippen molar-refractivity contribution in [1.29, 1.82) is 0 Å². The van der Waals surface area contributed by atoms with Crippen LogP contribution in [0, 0.1) is 0 Å². The van der Waals surface area contributed by atoms with E-state index in [1.165, 1.54) is 10.7 Å². The summed E-state index contributed by atoms with van der Waals surface area (Å²) in [6, 6.07) is 0. The minimum Gasteiger partial charge on any atom is -0.393 e. The van der Waals surface area contributed by atoms with E-state index in [2.05, 4.69) is 10.1 Å². The van der Waals surface area contributed by atoms with E-state index in [-0.39, 0.29) is 19.2 Å². The summed E-state index contributed by atoms with van der Waals surface area (Å²) < 4.78 is 1.41. The quantitative estimate of drug-likeness (QED) is 0.531. The molecule has 2 aromatic rings. The highest BCUT2D eigenvalue weighted by Crippen LogP contribution is 2.14. The molecule has 0 fully saturated rings. The summed E-state index contributed by atoms with van der Waals surface area (Å²) in [5, 5.41) is 12.4. The molecule has 2 heterocycles. The van der Waals surface area contributed by atoms with Gasteiger partial charge in [-0.05, 0) is 4.96 Å². The van der Waals surface area contributed by atoms with E-state index >= 15 is 0 Å². The molecule has 0 atom stereocenters. The zero-order valence-corrected chi connectivity index (χ0v) is 7.29. The van der Waals surface area contributed by atoms with E-state index in [0.29, 0.717) is 11.3 Å². The maximum atomic E-state index is 8.56.